The third kappa shape index (κ3) is 3.34. The van der Waals surface area contributed by atoms with Gasteiger partial charge in [0.25, 0.3) is 0 Å². The highest BCUT2D eigenvalue weighted by Gasteiger charge is 2.00. The molecule has 0 saturated heterocycles. The molecule has 0 bridgehead atoms. The van der Waals surface area contributed by atoms with Gasteiger partial charge in [0.1, 0.15) is 0 Å². The molecule has 0 fully saturated rings. The van der Waals surface area contributed by atoms with E-state index in [9.17, 15) is 0 Å². The summed E-state index contributed by atoms with van der Waals surface area (Å²) in [5.74, 6) is 0. The second kappa shape index (κ2) is 6.03. The second-order valence-corrected chi connectivity index (χ2v) is 5.03. The molecular weight excluding hydrogens is 242 g/mol. The van der Waals surface area contributed by atoms with E-state index in [0.29, 0.717) is 0 Å². The van der Waals surface area contributed by atoms with Gasteiger partial charge in [0.2, 0.25) is 0 Å². The van der Waals surface area contributed by atoms with Crippen molar-refractivity contribution in [3.8, 4) is 0 Å². The van der Waals surface area contributed by atoms with Crippen LogP contribution in [0.4, 0.5) is 0 Å². The Balaban J connectivity index is 1.92. The molecule has 0 aliphatic heterocycles. The highest BCUT2D eigenvalue weighted by Crippen LogP contribution is 2.13. The summed E-state index contributed by atoms with van der Waals surface area (Å²) in [6, 6.07) is 14.4. The molecule has 2 heteroatoms. The number of halogens is 1. The summed E-state index contributed by atoms with van der Waals surface area (Å²) in [6.45, 7) is 6.09. The Hall–Kier alpha value is -1.31. The molecule has 2 aromatic carbocycles. The first-order chi connectivity index (χ1) is 8.66. The number of aryl methyl sites for hydroxylation is 1. The predicted octanol–water partition coefficient (Wildman–Crippen LogP) is 4.25. The summed E-state index contributed by atoms with van der Waals surface area (Å²) in [4.78, 5) is 0. The van der Waals surface area contributed by atoms with Crippen molar-refractivity contribution in [2.45, 2.75) is 26.9 Å². The van der Waals surface area contributed by atoms with Gasteiger partial charge in [0.15, 0.2) is 0 Å². The highest BCUT2D eigenvalue weighted by atomic mass is 35.5. The maximum atomic E-state index is 5.86. The summed E-state index contributed by atoms with van der Waals surface area (Å²) in [7, 11) is 0. The zero-order chi connectivity index (χ0) is 13.0. The molecule has 1 nitrogen and oxygen atoms in total. The highest BCUT2D eigenvalue weighted by molar-refractivity contribution is 6.30. The minimum Gasteiger partial charge on any atom is -0.309 e. The van der Waals surface area contributed by atoms with Gasteiger partial charge in [-0.15, -0.1) is 0 Å². The molecule has 0 atom stereocenters. The average Bonchev–Trinajstić information content (AvgIpc) is 2.37. The zero-order valence-corrected chi connectivity index (χ0v) is 11.6. The fraction of sp³-hybridized carbons (Fsp3) is 0.250. The van der Waals surface area contributed by atoms with Crippen molar-refractivity contribution in [2.24, 2.45) is 0 Å². The number of rotatable bonds is 4. The summed E-state index contributed by atoms with van der Waals surface area (Å²) in [5.41, 5.74) is 5.34. The molecule has 0 heterocycles. The standard InChI is InChI=1S/C16H18ClN/c1-12-4-3-5-15(13(12)2)11-18-10-14-6-8-16(17)9-7-14/h3-9,18H,10-11H2,1-2H3. The van der Waals surface area contributed by atoms with Crippen LogP contribution in [0.15, 0.2) is 42.5 Å². The van der Waals surface area contributed by atoms with Gasteiger partial charge in [-0.2, -0.15) is 0 Å². The van der Waals surface area contributed by atoms with E-state index in [2.05, 4.69) is 49.5 Å². The molecule has 0 radical (unpaired) electrons. The molecule has 2 aromatic rings. The second-order valence-electron chi connectivity index (χ2n) is 4.59. The van der Waals surface area contributed by atoms with Crippen LogP contribution < -0.4 is 5.32 Å². The number of hydrogen-bond donors (Lipinski definition) is 1. The van der Waals surface area contributed by atoms with E-state index in [4.69, 9.17) is 11.6 Å². The lowest BCUT2D eigenvalue weighted by molar-refractivity contribution is 0.690. The Labute approximate surface area is 114 Å². The monoisotopic (exact) mass is 259 g/mol. The third-order valence-electron chi connectivity index (χ3n) is 3.27. The smallest absolute Gasteiger partial charge is 0.0406 e. The van der Waals surface area contributed by atoms with E-state index in [1.807, 2.05) is 12.1 Å². The van der Waals surface area contributed by atoms with Crippen LogP contribution >= 0.6 is 11.6 Å². The Kier molecular flexibility index (Phi) is 4.40. The van der Waals surface area contributed by atoms with E-state index in [0.717, 1.165) is 18.1 Å². The first-order valence-electron chi connectivity index (χ1n) is 6.17. The average molecular weight is 260 g/mol. The maximum absolute atomic E-state index is 5.86. The first kappa shape index (κ1) is 13.1. The number of hydrogen-bond acceptors (Lipinski definition) is 1. The van der Waals surface area contributed by atoms with Gasteiger partial charge in [0.05, 0.1) is 0 Å². The van der Waals surface area contributed by atoms with Crippen LogP contribution in [0.25, 0.3) is 0 Å². The van der Waals surface area contributed by atoms with Crippen LogP contribution in [0, 0.1) is 13.8 Å². The molecule has 94 valence electrons. The van der Waals surface area contributed by atoms with Crippen LogP contribution in [0.3, 0.4) is 0 Å². The van der Waals surface area contributed by atoms with Crippen LogP contribution in [-0.4, -0.2) is 0 Å². The van der Waals surface area contributed by atoms with Crippen LogP contribution in [0.2, 0.25) is 5.02 Å². The summed E-state index contributed by atoms with van der Waals surface area (Å²) in [6.07, 6.45) is 0. The topological polar surface area (TPSA) is 12.0 Å². The van der Waals surface area contributed by atoms with Crippen molar-refractivity contribution in [3.05, 3.63) is 69.7 Å². The van der Waals surface area contributed by atoms with Crippen molar-refractivity contribution < 1.29 is 0 Å². The van der Waals surface area contributed by atoms with Gasteiger partial charge in [-0.1, -0.05) is 41.9 Å². The van der Waals surface area contributed by atoms with Crippen molar-refractivity contribution >= 4 is 11.6 Å². The number of nitrogens with one attached hydrogen (secondary N) is 1. The molecule has 1 N–H and O–H groups in total. The zero-order valence-electron chi connectivity index (χ0n) is 10.8. The summed E-state index contributed by atoms with van der Waals surface area (Å²) < 4.78 is 0. The van der Waals surface area contributed by atoms with E-state index in [-0.39, 0.29) is 0 Å². The van der Waals surface area contributed by atoms with Gasteiger partial charge in [-0.25, -0.2) is 0 Å². The van der Waals surface area contributed by atoms with Gasteiger partial charge in [0, 0.05) is 18.1 Å². The quantitative estimate of drug-likeness (QED) is 0.866. The lowest BCUT2D eigenvalue weighted by atomic mass is 10.0. The normalized spacial score (nSPS) is 10.6. The molecule has 0 amide bonds. The van der Waals surface area contributed by atoms with E-state index in [1.165, 1.54) is 22.3 Å². The molecule has 0 spiro atoms. The fourth-order valence-electron chi connectivity index (χ4n) is 1.95. The lowest BCUT2D eigenvalue weighted by Crippen LogP contribution is -2.13. The van der Waals surface area contributed by atoms with E-state index in [1.54, 1.807) is 0 Å². The minimum atomic E-state index is 0.785. The van der Waals surface area contributed by atoms with Crippen molar-refractivity contribution in [2.75, 3.05) is 0 Å². The largest absolute Gasteiger partial charge is 0.309 e. The molecule has 0 aliphatic rings. The van der Waals surface area contributed by atoms with Crippen LogP contribution in [0.5, 0.6) is 0 Å². The van der Waals surface area contributed by atoms with Crippen LogP contribution in [0.1, 0.15) is 22.3 Å². The van der Waals surface area contributed by atoms with E-state index >= 15 is 0 Å². The van der Waals surface area contributed by atoms with Crippen molar-refractivity contribution in [3.63, 3.8) is 0 Å². The molecule has 0 aromatic heterocycles. The van der Waals surface area contributed by atoms with E-state index < -0.39 is 0 Å². The van der Waals surface area contributed by atoms with Gasteiger partial charge < -0.3 is 5.32 Å². The molecule has 0 unspecified atom stereocenters. The SMILES string of the molecule is Cc1cccc(CNCc2ccc(Cl)cc2)c1C. The minimum absolute atomic E-state index is 0.785. The third-order valence-corrected chi connectivity index (χ3v) is 3.53. The predicted molar refractivity (Wildman–Crippen MR) is 77.9 cm³/mol. The molecule has 2 rings (SSSR count). The number of benzene rings is 2. The summed E-state index contributed by atoms with van der Waals surface area (Å²) >= 11 is 5.86. The lowest BCUT2D eigenvalue weighted by Gasteiger charge is -2.10. The Bertz CT molecular complexity index is 517. The Morgan fingerprint density at radius 3 is 2.39 bits per heavy atom. The van der Waals surface area contributed by atoms with Crippen molar-refractivity contribution in [1.82, 2.24) is 5.32 Å². The first-order valence-corrected chi connectivity index (χ1v) is 6.55. The molecule has 0 aliphatic carbocycles. The Morgan fingerprint density at radius 2 is 1.67 bits per heavy atom. The van der Waals surface area contributed by atoms with Crippen molar-refractivity contribution in [1.29, 1.82) is 0 Å². The Morgan fingerprint density at radius 1 is 0.944 bits per heavy atom. The van der Waals surface area contributed by atoms with Gasteiger partial charge in [-0.05, 0) is 48.2 Å². The van der Waals surface area contributed by atoms with Crippen LogP contribution in [-0.2, 0) is 13.1 Å². The van der Waals surface area contributed by atoms with Gasteiger partial charge >= 0.3 is 0 Å². The summed E-state index contributed by atoms with van der Waals surface area (Å²) in [5, 5.41) is 4.25. The molecular formula is C16H18ClN. The van der Waals surface area contributed by atoms with Gasteiger partial charge in [-0.3, -0.25) is 0 Å². The molecule has 0 saturated carbocycles. The maximum Gasteiger partial charge on any atom is 0.0406 e. The molecule has 18 heavy (non-hydrogen) atoms. The fourth-order valence-corrected chi connectivity index (χ4v) is 2.07.